The lowest BCUT2D eigenvalue weighted by molar-refractivity contribution is 0.0747. The molecule has 0 atom stereocenters. The number of rotatable bonds is 3. The van der Waals surface area contributed by atoms with Crippen molar-refractivity contribution >= 4 is 22.8 Å². The Labute approximate surface area is 177 Å². The van der Waals surface area contributed by atoms with Crippen LogP contribution in [-0.4, -0.2) is 25.9 Å². The summed E-state index contributed by atoms with van der Waals surface area (Å²) in [6.45, 7) is 0.765. The molecule has 0 bridgehead atoms. The maximum Gasteiger partial charge on any atom is 0.273 e. The van der Waals surface area contributed by atoms with Gasteiger partial charge in [-0.3, -0.25) is 4.79 Å². The van der Waals surface area contributed by atoms with Crippen LogP contribution < -0.4 is 5.73 Å². The number of nitrogens with zero attached hydrogens (tertiary/aromatic N) is 3. The number of hydrogen-bond donors (Lipinski definition) is 2. The first kappa shape index (κ1) is 19.1. The summed E-state index contributed by atoms with van der Waals surface area (Å²) in [5, 5.41) is 10.2. The molecule has 4 aromatic rings. The SMILES string of the molecule is Nc1nc(C(=O)N2Cc3ccccc3C2)c2cc(-c3cc(F)ccc3CO)ccc2n1. The fraction of sp³-hybridized carbons (Fsp3) is 0.125. The third kappa shape index (κ3) is 3.39. The molecular weight excluding hydrogens is 395 g/mol. The fourth-order valence-corrected chi connectivity index (χ4v) is 4.06. The lowest BCUT2D eigenvalue weighted by atomic mass is 9.97. The van der Waals surface area contributed by atoms with E-state index in [-0.39, 0.29) is 24.2 Å². The van der Waals surface area contributed by atoms with Crippen LogP contribution in [0.4, 0.5) is 10.3 Å². The molecular formula is C24H19FN4O2. The summed E-state index contributed by atoms with van der Waals surface area (Å²) < 4.78 is 13.9. The van der Waals surface area contributed by atoms with Crippen molar-refractivity contribution in [2.75, 3.05) is 5.73 Å². The Morgan fingerprint density at radius 2 is 1.77 bits per heavy atom. The average molecular weight is 414 g/mol. The molecule has 0 fully saturated rings. The van der Waals surface area contributed by atoms with Crippen LogP contribution in [0.25, 0.3) is 22.0 Å². The Kier molecular flexibility index (Phi) is 4.60. The number of aromatic nitrogens is 2. The summed E-state index contributed by atoms with van der Waals surface area (Å²) in [7, 11) is 0. The van der Waals surface area contributed by atoms with E-state index in [1.807, 2.05) is 24.3 Å². The van der Waals surface area contributed by atoms with Crippen LogP contribution in [0, 0.1) is 5.82 Å². The van der Waals surface area contributed by atoms with Crippen molar-refractivity contribution in [2.45, 2.75) is 19.7 Å². The molecule has 0 spiro atoms. The van der Waals surface area contributed by atoms with Crippen molar-refractivity contribution in [1.82, 2.24) is 14.9 Å². The maximum atomic E-state index is 13.9. The molecule has 3 N–H and O–H groups in total. The Morgan fingerprint density at radius 1 is 1.03 bits per heavy atom. The van der Waals surface area contributed by atoms with Crippen molar-refractivity contribution in [3.63, 3.8) is 0 Å². The Morgan fingerprint density at radius 3 is 2.48 bits per heavy atom. The molecule has 1 aliphatic heterocycles. The topological polar surface area (TPSA) is 92.3 Å². The lowest BCUT2D eigenvalue weighted by Crippen LogP contribution is -2.27. The van der Waals surface area contributed by atoms with Gasteiger partial charge in [0.25, 0.3) is 5.91 Å². The molecule has 1 aromatic heterocycles. The highest BCUT2D eigenvalue weighted by Crippen LogP contribution is 2.31. The molecule has 31 heavy (non-hydrogen) atoms. The van der Waals surface area contributed by atoms with Crippen LogP contribution >= 0.6 is 0 Å². The summed E-state index contributed by atoms with van der Waals surface area (Å²) >= 11 is 0. The van der Waals surface area contributed by atoms with Crippen molar-refractivity contribution in [1.29, 1.82) is 0 Å². The summed E-state index contributed by atoms with van der Waals surface area (Å²) in [6.07, 6.45) is 0. The number of hydrogen-bond acceptors (Lipinski definition) is 5. The summed E-state index contributed by atoms with van der Waals surface area (Å²) in [4.78, 5) is 23.6. The van der Waals surface area contributed by atoms with Crippen LogP contribution in [0.15, 0.2) is 60.7 Å². The fourth-order valence-electron chi connectivity index (χ4n) is 4.06. The number of aliphatic hydroxyl groups excluding tert-OH is 1. The number of nitrogens with two attached hydrogens (primary N) is 1. The highest BCUT2D eigenvalue weighted by atomic mass is 19.1. The zero-order chi connectivity index (χ0) is 21.5. The molecule has 0 aliphatic carbocycles. The standard InChI is InChI=1S/C24H19FN4O2/c25-18-7-5-17(13-30)19(10-18)14-6-8-21-20(9-14)22(28-24(26)27-21)23(31)29-11-15-3-1-2-4-16(15)12-29/h1-10,30H,11-13H2,(H2,26,27,28). The van der Waals surface area contributed by atoms with E-state index in [9.17, 15) is 14.3 Å². The van der Waals surface area contributed by atoms with Crippen LogP contribution in [0.5, 0.6) is 0 Å². The predicted molar refractivity (Wildman–Crippen MR) is 115 cm³/mol. The van der Waals surface area contributed by atoms with E-state index in [1.54, 1.807) is 29.2 Å². The monoisotopic (exact) mass is 414 g/mol. The first-order valence-corrected chi connectivity index (χ1v) is 9.86. The number of carbonyl (C=O) groups is 1. The number of halogens is 1. The largest absolute Gasteiger partial charge is 0.392 e. The summed E-state index contributed by atoms with van der Waals surface area (Å²) in [5.74, 6) is -0.636. The Hall–Kier alpha value is -3.84. The van der Waals surface area contributed by atoms with E-state index in [0.29, 0.717) is 40.7 Å². The van der Waals surface area contributed by atoms with Gasteiger partial charge in [0.1, 0.15) is 11.5 Å². The van der Waals surface area contributed by atoms with Gasteiger partial charge in [-0.25, -0.2) is 14.4 Å². The molecule has 5 rings (SSSR count). The number of aliphatic hydroxyl groups is 1. The van der Waals surface area contributed by atoms with Gasteiger partial charge >= 0.3 is 0 Å². The van der Waals surface area contributed by atoms with Crippen LogP contribution in [0.1, 0.15) is 27.2 Å². The third-order valence-electron chi connectivity index (χ3n) is 5.60. The molecule has 154 valence electrons. The number of benzene rings is 3. The van der Waals surface area contributed by atoms with Crippen molar-refractivity contribution in [3.8, 4) is 11.1 Å². The van der Waals surface area contributed by atoms with E-state index < -0.39 is 5.82 Å². The maximum absolute atomic E-state index is 13.9. The minimum absolute atomic E-state index is 0.0158. The molecule has 0 saturated heterocycles. The van der Waals surface area contributed by atoms with Crippen molar-refractivity contribution in [3.05, 3.63) is 88.9 Å². The van der Waals surface area contributed by atoms with Crippen LogP contribution in [-0.2, 0) is 19.7 Å². The number of nitrogen functional groups attached to an aromatic ring is 1. The van der Waals surface area contributed by atoms with E-state index >= 15 is 0 Å². The first-order valence-electron chi connectivity index (χ1n) is 9.86. The quantitative estimate of drug-likeness (QED) is 0.534. The van der Waals surface area contributed by atoms with Crippen LogP contribution in [0.2, 0.25) is 0 Å². The van der Waals surface area contributed by atoms with Gasteiger partial charge in [0, 0.05) is 18.5 Å². The summed E-state index contributed by atoms with van der Waals surface area (Å²) in [6, 6.07) is 17.4. The normalized spacial score (nSPS) is 12.9. The van der Waals surface area contributed by atoms with E-state index in [2.05, 4.69) is 9.97 Å². The number of anilines is 1. The Bertz CT molecular complexity index is 1310. The Balaban J connectivity index is 1.61. The molecule has 3 aromatic carbocycles. The molecule has 0 saturated carbocycles. The van der Waals surface area contributed by atoms with Crippen LogP contribution in [0.3, 0.4) is 0 Å². The average Bonchev–Trinajstić information content (AvgIpc) is 3.22. The highest BCUT2D eigenvalue weighted by molar-refractivity contribution is 6.05. The smallest absolute Gasteiger partial charge is 0.273 e. The predicted octanol–water partition coefficient (Wildman–Crippen LogP) is 3.67. The van der Waals surface area contributed by atoms with Gasteiger partial charge in [-0.2, -0.15) is 0 Å². The second-order valence-electron chi connectivity index (χ2n) is 7.55. The molecule has 1 aliphatic rings. The minimum atomic E-state index is -0.410. The van der Waals surface area contributed by atoms with E-state index in [4.69, 9.17) is 5.73 Å². The molecule has 2 heterocycles. The molecule has 7 heteroatoms. The third-order valence-corrected chi connectivity index (χ3v) is 5.60. The molecule has 0 unspecified atom stereocenters. The summed E-state index contributed by atoms with van der Waals surface area (Å²) in [5.41, 5.74) is 10.6. The van der Waals surface area contributed by atoms with E-state index in [0.717, 1.165) is 11.1 Å². The minimum Gasteiger partial charge on any atom is -0.392 e. The van der Waals surface area contributed by atoms with Crippen molar-refractivity contribution in [2.24, 2.45) is 0 Å². The second kappa shape index (κ2) is 7.45. The second-order valence-corrected chi connectivity index (χ2v) is 7.55. The molecule has 0 radical (unpaired) electrons. The van der Waals surface area contributed by atoms with Gasteiger partial charge in [0.2, 0.25) is 5.95 Å². The van der Waals surface area contributed by atoms with Gasteiger partial charge in [0.15, 0.2) is 0 Å². The number of amides is 1. The zero-order valence-electron chi connectivity index (χ0n) is 16.5. The lowest BCUT2D eigenvalue weighted by Gasteiger charge is -2.17. The highest BCUT2D eigenvalue weighted by Gasteiger charge is 2.27. The van der Waals surface area contributed by atoms with Gasteiger partial charge in [-0.05, 0) is 52.1 Å². The molecule has 6 nitrogen and oxygen atoms in total. The molecule has 1 amide bonds. The number of carbonyl (C=O) groups excluding carboxylic acids is 1. The first-order chi connectivity index (χ1) is 15.0. The number of fused-ring (bicyclic) bond motifs is 2. The van der Waals surface area contributed by atoms with Gasteiger partial charge in [0.05, 0.1) is 12.1 Å². The van der Waals surface area contributed by atoms with Gasteiger partial charge in [-0.1, -0.05) is 36.4 Å². The van der Waals surface area contributed by atoms with Gasteiger partial charge in [-0.15, -0.1) is 0 Å². The van der Waals surface area contributed by atoms with Gasteiger partial charge < -0.3 is 15.7 Å². The zero-order valence-corrected chi connectivity index (χ0v) is 16.5. The van der Waals surface area contributed by atoms with Crippen molar-refractivity contribution < 1.29 is 14.3 Å². The van der Waals surface area contributed by atoms with E-state index in [1.165, 1.54) is 12.1 Å².